The number of hydrogen-bond acceptors (Lipinski definition) is 5. The minimum atomic E-state index is -0.360. The highest BCUT2D eigenvalue weighted by atomic mass is 16.5. The monoisotopic (exact) mass is 295 g/mol. The van der Waals surface area contributed by atoms with Crippen LogP contribution in [0.2, 0.25) is 0 Å². The molecule has 0 aliphatic carbocycles. The molecule has 0 aliphatic heterocycles. The molecule has 1 rings (SSSR count). The number of rotatable bonds is 8. The molecule has 1 N–H and O–H groups in total. The van der Waals surface area contributed by atoms with Crippen molar-refractivity contribution in [1.29, 1.82) is 0 Å². The molecular weight excluding hydrogens is 274 g/mol. The van der Waals surface area contributed by atoms with Crippen LogP contribution >= 0.6 is 0 Å². The lowest BCUT2D eigenvalue weighted by Crippen LogP contribution is -2.35. The van der Waals surface area contributed by atoms with Crippen LogP contribution in [0.3, 0.4) is 0 Å². The molecule has 1 aromatic rings. The van der Waals surface area contributed by atoms with Crippen molar-refractivity contribution in [2.75, 3.05) is 33.9 Å². The summed E-state index contributed by atoms with van der Waals surface area (Å²) < 4.78 is 9.57. The third-order valence-corrected chi connectivity index (χ3v) is 3.05. The Balaban J connectivity index is 2.74. The van der Waals surface area contributed by atoms with E-state index >= 15 is 0 Å². The van der Waals surface area contributed by atoms with Crippen LogP contribution in [-0.2, 0) is 20.9 Å². The van der Waals surface area contributed by atoms with Gasteiger partial charge in [-0.3, -0.25) is 9.59 Å². The molecule has 0 bridgehead atoms. The lowest BCUT2D eigenvalue weighted by molar-refractivity contribution is -0.140. The van der Waals surface area contributed by atoms with Crippen molar-refractivity contribution in [3.05, 3.63) is 35.4 Å². The van der Waals surface area contributed by atoms with Crippen LogP contribution in [0.5, 0.6) is 0 Å². The van der Waals surface area contributed by atoms with E-state index in [1.807, 2.05) is 0 Å². The Morgan fingerprint density at radius 1 is 1.14 bits per heavy atom. The van der Waals surface area contributed by atoms with Gasteiger partial charge in [0, 0.05) is 25.8 Å². The Morgan fingerprint density at radius 3 is 2.33 bits per heavy atom. The fraction of sp³-hybridized carbons (Fsp3) is 0.467. The summed E-state index contributed by atoms with van der Waals surface area (Å²) in [5.74, 6) is -0.540. The second kappa shape index (κ2) is 9.10. The maximum atomic E-state index is 12.4. The number of carbonyl (C=O) groups is 2. The number of hydrogen-bond donors (Lipinski definition) is 1. The smallest absolute Gasteiger partial charge is 0.307 e. The summed E-state index contributed by atoms with van der Waals surface area (Å²) in [6.07, 6.45) is 0.140. The highest BCUT2D eigenvalue weighted by Gasteiger charge is 2.16. The summed E-state index contributed by atoms with van der Waals surface area (Å²) in [7, 11) is 2.87. The standard InChI is InChI=1S/C15H21NO5/c1-20-10-9-16(8-7-14(18)21-2)15(19)13-5-3-12(11-17)4-6-13/h3-6,17H,7-11H2,1-2H3. The van der Waals surface area contributed by atoms with E-state index in [1.165, 1.54) is 7.11 Å². The maximum Gasteiger partial charge on any atom is 0.307 e. The Kier molecular flexibility index (Phi) is 7.42. The van der Waals surface area contributed by atoms with Crippen LogP contribution in [0.15, 0.2) is 24.3 Å². The van der Waals surface area contributed by atoms with Gasteiger partial charge in [0.25, 0.3) is 5.91 Å². The molecular formula is C15H21NO5. The second-order valence-electron chi connectivity index (χ2n) is 4.47. The normalized spacial score (nSPS) is 10.2. The van der Waals surface area contributed by atoms with Crippen molar-refractivity contribution in [3.63, 3.8) is 0 Å². The molecule has 6 heteroatoms. The number of carbonyl (C=O) groups excluding carboxylic acids is 2. The molecule has 116 valence electrons. The molecule has 0 aliphatic rings. The number of ether oxygens (including phenoxy) is 2. The topological polar surface area (TPSA) is 76.1 Å². The van der Waals surface area contributed by atoms with Gasteiger partial charge >= 0.3 is 5.97 Å². The van der Waals surface area contributed by atoms with Crippen LogP contribution in [0.4, 0.5) is 0 Å². The minimum Gasteiger partial charge on any atom is -0.469 e. The fourth-order valence-corrected chi connectivity index (χ4v) is 1.78. The van der Waals surface area contributed by atoms with Gasteiger partial charge in [-0.2, -0.15) is 0 Å². The molecule has 0 heterocycles. The van der Waals surface area contributed by atoms with Crippen LogP contribution in [0.25, 0.3) is 0 Å². The zero-order chi connectivity index (χ0) is 15.7. The SMILES string of the molecule is COCCN(CCC(=O)OC)C(=O)c1ccc(CO)cc1. The molecule has 0 fully saturated rings. The van der Waals surface area contributed by atoms with Gasteiger partial charge in [0.05, 0.1) is 26.7 Å². The van der Waals surface area contributed by atoms with E-state index in [-0.39, 0.29) is 31.4 Å². The van der Waals surface area contributed by atoms with Gasteiger partial charge in [0.15, 0.2) is 0 Å². The van der Waals surface area contributed by atoms with E-state index < -0.39 is 0 Å². The van der Waals surface area contributed by atoms with Gasteiger partial charge in [-0.15, -0.1) is 0 Å². The van der Waals surface area contributed by atoms with E-state index in [0.29, 0.717) is 18.7 Å². The van der Waals surface area contributed by atoms with Gasteiger partial charge in [-0.25, -0.2) is 0 Å². The maximum absolute atomic E-state index is 12.4. The number of amides is 1. The summed E-state index contributed by atoms with van der Waals surface area (Å²) in [6.45, 7) is 0.997. The van der Waals surface area contributed by atoms with E-state index in [4.69, 9.17) is 9.84 Å². The summed E-state index contributed by atoms with van der Waals surface area (Å²) in [4.78, 5) is 25.2. The molecule has 0 saturated heterocycles. The van der Waals surface area contributed by atoms with E-state index in [1.54, 1.807) is 36.3 Å². The number of esters is 1. The highest BCUT2D eigenvalue weighted by Crippen LogP contribution is 2.09. The summed E-state index contributed by atoms with van der Waals surface area (Å²) in [5, 5.41) is 9.00. The lowest BCUT2D eigenvalue weighted by atomic mass is 10.1. The third kappa shape index (κ3) is 5.53. The highest BCUT2D eigenvalue weighted by molar-refractivity contribution is 5.94. The molecule has 0 atom stereocenters. The summed E-state index contributed by atoms with van der Waals surface area (Å²) >= 11 is 0. The Hall–Kier alpha value is -1.92. The summed E-state index contributed by atoms with van der Waals surface area (Å²) in [5.41, 5.74) is 1.25. The van der Waals surface area contributed by atoms with Gasteiger partial charge in [0.1, 0.15) is 0 Å². The number of nitrogens with zero attached hydrogens (tertiary/aromatic N) is 1. The number of benzene rings is 1. The largest absolute Gasteiger partial charge is 0.469 e. The fourth-order valence-electron chi connectivity index (χ4n) is 1.78. The Labute approximate surface area is 124 Å². The zero-order valence-corrected chi connectivity index (χ0v) is 12.4. The van der Waals surface area contributed by atoms with Crippen molar-refractivity contribution >= 4 is 11.9 Å². The first-order valence-corrected chi connectivity index (χ1v) is 6.67. The first-order chi connectivity index (χ1) is 10.1. The molecule has 21 heavy (non-hydrogen) atoms. The van der Waals surface area contributed by atoms with Gasteiger partial charge < -0.3 is 19.5 Å². The van der Waals surface area contributed by atoms with E-state index in [2.05, 4.69) is 4.74 Å². The Morgan fingerprint density at radius 2 is 1.81 bits per heavy atom. The predicted octanol–water partition coefficient (Wildman–Crippen LogP) is 0.831. The van der Waals surface area contributed by atoms with Crippen LogP contribution in [-0.4, -0.2) is 55.8 Å². The van der Waals surface area contributed by atoms with Crippen molar-refractivity contribution in [1.82, 2.24) is 4.90 Å². The van der Waals surface area contributed by atoms with Crippen molar-refractivity contribution in [3.8, 4) is 0 Å². The zero-order valence-electron chi connectivity index (χ0n) is 12.4. The minimum absolute atomic E-state index is 0.0653. The molecule has 0 unspecified atom stereocenters. The van der Waals surface area contributed by atoms with E-state index in [0.717, 1.165) is 5.56 Å². The quantitative estimate of drug-likeness (QED) is 0.719. The summed E-state index contributed by atoms with van der Waals surface area (Å²) in [6, 6.07) is 6.71. The van der Waals surface area contributed by atoms with Crippen molar-refractivity contribution < 1.29 is 24.2 Å². The van der Waals surface area contributed by atoms with Gasteiger partial charge in [-0.1, -0.05) is 12.1 Å². The average Bonchev–Trinajstić information content (AvgIpc) is 2.54. The van der Waals surface area contributed by atoms with Crippen molar-refractivity contribution in [2.45, 2.75) is 13.0 Å². The van der Waals surface area contributed by atoms with Crippen molar-refractivity contribution in [2.24, 2.45) is 0 Å². The number of aliphatic hydroxyl groups excluding tert-OH is 1. The van der Waals surface area contributed by atoms with Crippen LogP contribution in [0, 0.1) is 0 Å². The predicted molar refractivity (Wildman–Crippen MR) is 76.8 cm³/mol. The van der Waals surface area contributed by atoms with Gasteiger partial charge in [-0.05, 0) is 17.7 Å². The molecule has 0 saturated carbocycles. The first kappa shape index (κ1) is 17.1. The molecule has 0 spiro atoms. The van der Waals surface area contributed by atoms with Crippen LogP contribution < -0.4 is 0 Å². The third-order valence-electron chi connectivity index (χ3n) is 3.05. The number of methoxy groups -OCH3 is 2. The molecule has 1 aromatic carbocycles. The average molecular weight is 295 g/mol. The molecule has 0 radical (unpaired) electrons. The van der Waals surface area contributed by atoms with Gasteiger partial charge in [0.2, 0.25) is 0 Å². The molecule has 0 aromatic heterocycles. The molecule has 6 nitrogen and oxygen atoms in total. The lowest BCUT2D eigenvalue weighted by Gasteiger charge is -2.22. The number of aliphatic hydroxyl groups is 1. The second-order valence-corrected chi connectivity index (χ2v) is 4.47. The molecule has 1 amide bonds. The van der Waals surface area contributed by atoms with E-state index in [9.17, 15) is 9.59 Å². The first-order valence-electron chi connectivity index (χ1n) is 6.67. The van der Waals surface area contributed by atoms with Crippen LogP contribution in [0.1, 0.15) is 22.3 Å². The Bertz CT molecular complexity index is 458.